The lowest BCUT2D eigenvalue weighted by Gasteiger charge is -2.15. The Kier molecular flexibility index (Phi) is 4.60. The van der Waals surface area contributed by atoms with Gasteiger partial charge in [0, 0.05) is 16.7 Å². The number of ketones is 1. The quantitative estimate of drug-likeness (QED) is 0.738. The minimum absolute atomic E-state index is 0.0301. The van der Waals surface area contributed by atoms with Crippen LogP contribution in [-0.2, 0) is 6.42 Å². The maximum atomic E-state index is 12.2. The average molecular weight is 286 g/mol. The van der Waals surface area contributed by atoms with Crippen molar-refractivity contribution in [3.05, 3.63) is 59.2 Å². The number of phenols is 2. The molecule has 0 amide bonds. The van der Waals surface area contributed by atoms with Gasteiger partial charge in [-0.2, -0.15) is 0 Å². The number of hydrogen-bond donors (Lipinski definition) is 3. The highest BCUT2D eigenvalue weighted by Gasteiger charge is 2.24. The molecule has 0 saturated carbocycles. The van der Waals surface area contributed by atoms with Crippen LogP contribution in [0.25, 0.3) is 0 Å². The van der Waals surface area contributed by atoms with E-state index in [9.17, 15) is 20.1 Å². The molecule has 21 heavy (non-hydrogen) atoms. The molecular formula is C17H18O4. The predicted molar refractivity (Wildman–Crippen MR) is 79.5 cm³/mol. The number of aromatic hydroxyl groups is 2. The minimum Gasteiger partial charge on any atom is -0.508 e. The highest BCUT2D eigenvalue weighted by Crippen LogP contribution is 2.35. The molecule has 0 saturated heterocycles. The Morgan fingerprint density at radius 1 is 1.10 bits per heavy atom. The zero-order valence-electron chi connectivity index (χ0n) is 11.8. The van der Waals surface area contributed by atoms with Gasteiger partial charge in [0.1, 0.15) is 17.6 Å². The van der Waals surface area contributed by atoms with Crippen LogP contribution in [0.5, 0.6) is 11.5 Å². The maximum Gasteiger partial charge on any atom is 0.195 e. The van der Waals surface area contributed by atoms with Crippen molar-refractivity contribution in [3.8, 4) is 11.5 Å². The van der Waals surface area contributed by atoms with Crippen molar-refractivity contribution in [2.45, 2.75) is 25.9 Å². The van der Waals surface area contributed by atoms with Gasteiger partial charge in [0.15, 0.2) is 5.78 Å². The van der Waals surface area contributed by atoms with Crippen molar-refractivity contribution in [2.75, 3.05) is 0 Å². The molecule has 0 bridgehead atoms. The molecule has 110 valence electrons. The number of hydrogen-bond acceptors (Lipinski definition) is 4. The Labute approximate surface area is 123 Å². The molecule has 0 fully saturated rings. The topological polar surface area (TPSA) is 77.8 Å². The smallest absolute Gasteiger partial charge is 0.195 e. The number of rotatable bonds is 5. The standard InChI is InChI=1S/C17H18O4/c1-2-6-12-14(18)10-9-13(16(12)20)17(21)15(19)11-7-4-3-5-8-11/h3-5,7-10,17-18,20-21H,2,6H2,1H3. The van der Waals surface area contributed by atoms with Crippen molar-refractivity contribution in [3.63, 3.8) is 0 Å². The molecule has 0 aliphatic heterocycles. The molecule has 0 aromatic heterocycles. The van der Waals surface area contributed by atoms with E-state index >= 15 is 0 Å². The van der Waals surface area contributed by atoms with Gasteiger partial charge in [-0.1, -0.05) is 43.7 Å². The third kappa shape index (κ3) is 3.06. The van der Waals surface area contributed by atoms with Crippen LogP contribution in [0.1, 0.15) is 40.9 Å². The first-order chi connectivity index (χ1) is 10.1. The second kappa shape index (κ2) is 6.41. The Morgan fingerprint density at radius 3 is 2.38 bits per heavy atom. The maximum absolute atomic E-state index is 12.2. The van der Waals surface area contributed by atoms with Crippen LogP contribution in [0.2, 0.25) is 0 Å². The number of Topliss-reactive ketones (excluding diaryl/α,β-unsaturated/α-hetero) is 1. The molecule has 2 aromatic carbocycles. The Morgan fingerprint density at radius 2 is 1.76 bits per heavy atom. The van der Waals surface area contributed by atoms with Crippen molar-refractivity contribution < 1.29 is 20.1 Å². The lowest BCUT2D eigenvalue weighted by Crippen LogP contribution is -2.13. The van der Waals surface area contributed by atoms with Gasteiger partial charge in [-0.05, 0) is 18.6 Å². The molecule has 3 N–H and O–H groups in total. The minimum atomic E-state index is -1.45. The van der Waals surface area contributed by atoms with Gasteiger partial charge in [-0.3, -0.25) is 4.79 Å². The van der Waals surface area contributed by atoms with Crippen LogP contribution in [0.3, 0.4) is 0 Å². The fourth-order valence-corrected chi connectivity index (χ4v) is 2.26. The molecule has 0 spiro atoms. The van der Waals surface area contributed by atoms with E-state index in [0.29, 0.717) is 17.5 Å². The molecule has 0 radical (unpaired) electrons. The monoisotopic (exact) mass is 286 g/mol. The van der Waals surface area contributed by atoms with Gasteiger partial charge in [-0.25, -0.2) is 0 Å². The van der Waals surface area contributed by atoms with E-state index in [1.54, 1.807) is 30.3 Å². The van der Waals surface area contributed by atoms with Gasteiger partial charge in [0.05, 0.1) is 0 Å². The summed E-state index contributed by atoms with van der Waals surface area (Å²) in [5.41, 5.74) is 0.842. The molecule has 2 aromatic rings. The van der Waals surface area contributed by atoms with Gasteiger partial charge < -0.3 is 15.3 Å². The number of carbonyl (C=O) groups excluding carboxylic acids is 1. The Balaban J connectivity index is 2.38. The summed E-state index contributed by atoms with van der Waals surface area (Å²) in [5, 5.41) is 30.2. The van der Waals surface area contributed by atoms with Crippen molar-refractivity contribution in [1.82, 2.24) is 0 Å². The van der Waals surface area contributed by atoms with Crippen LogP contribution in [0, 0.1) is 0 Å². The van der Waals surface area contributed by atoms with Gasteiger partial charge in [-0.15, -0.1) is 0 Å². The zero-order valence-corrected chi connectivity index (χ0v) is 11.8. The van der Waals surface area contributed by atoms with E-state index in [0.717, 1.165) is 6.42 Å². The summed E-state index contributed by atoms with van der Waals surface area (Å²) in [6.45, 7) is 1.91. The van der Waals surface area contributed by atoms with Gasteiger partial charge >= 0.3 is 0 Å². The SMILES string of the molecule is CCCc1c(O)ccc(C(O)C(=O)c2ccccc2)c1O. The van der Waals surface area contributed by atoms with Crippen LogP contribution in [0.4, 0.5) is 0 Å². The van der Waals surface area contributed by atoms with E-state index in [-0.39, 0.29) is 17.1 Å². The van der Waals surface area contributed by atoms with E-state index in [2.05, 4.69) is 0 Å². The number of benzene rings is 2. The zero-order chi connectivity index (χ0) is 15.4. The summed E-state index contributed by atoms with van der Waals surface area (Å²) < 4.78 is 0. The lowest BCUT2D eigenvalue weighted by atomic mass is 9.95. The Hall–Kier alpha value is -2.33. The van der Waals surface area contributed by atoms with E-state index in [1.165, 1.54) is 12.1 Å². The van der Waals surface area contributed by atoms with Crippen molar-refractivity contribution in [1.29, 1.82) is 0 Å². The first kappa shape index (κ1) is 15.1. The third-order valence-electron chi connectivity index (χ3n) is 3.39. The van der Waals surface area contributed by atoms with Gasteiger partial charge in [0.25, 0.3) is 0 Å². The summed E-state index contributed by atoms with van der Waals surface area (Å²) in [4.78, 5) is 12.2. The van der Waals surface area contributed by atoms with Crippen LogP contribution >= 0.6 is 0 Å². The number of phenolic OH excluding ortho intramolecular Hbond substituents is 2. The first-order valence-corrected chi connectivity index (χ1v) is 6.87. The summed E-state index contributed by atoms with van der Waals surface area (Å²) in [6.07, 6.45) is -0.256. The van der Waals surface area contributed by atoms with Crippen molar-refractivity contribution >= 4 is 5.78 Å². The van der Waals surface area contributed by atoms with Crippen LogP contribution < -0.4 is 0 Å². The lowest BCUT2D eigenvalue weighted by molar-refractivity contribution is 0.0742. The average Bonchev–Trinajstić information content (AvgIpc) is 2.51. The second-order valence-corrected chi connectivity index (χ2v) is 4.88. The summed E-state index contributed by atoms with van der Waals surface area (Å²) in [5.74, 6) is -0.731. The van der Waals surface area contributed by atoms with Gasteiger partial charge in [0.2, 0.25) is 0 Å². The van der Waals surface area contributed by atoms with Crippen LogP contribution in [-0.4, -0.2) is 21.1 Å². The third-order valence-corrected chi connectivity index (χ3v) is 3.39. The largest absolute Gasteiger partial charge is 0.508 e. The first-order valence-electron chi connectivity index (χ1n) is 6.87. The summed E-state index contributed by atoms with van der Waals surface area (Å²) >= 11 is 0. The molecule has 4 heteroatoms. The number of aliphatic hydroxyl groups excluding tert-OH is 1. The molecular weight excluding hydrogens is 268 g/mol. The molecule has 2 rings (SSSR count). The number of aliphatic hydroxyl groups is 1. The number of carbonyl (C=O) groups is 1. The molecule has 1 atom stereocenters. The molecule has 0 aliphatic rings. The summed E-state index contributed by atoms with van der Waals surface area (Å²) in [7, 11) is 0. The fourth-order valence-electron chi connectivity index (χ4n) is 2.26. The van der Waals surface area contributed by atoms with E-state index < -0.39 is 11.9 Å². The normalized spacial score (nSPS) is 12.1. The van der Waals surface area contributed by atoms with Crippen molar-refractivity contribution in [2.24, 2.45) is 0 Å². The molecule has 0 heterocycles. The fraction of sp³-hybridized carbons (Fsp3) is 0.235. The Bertz CT molecular complexity index is 635. The predicted octanol–water partition coefficient (Wildman–Crippen LogP) is 2.97. The van der Waals surface area contributed by atoms with Crippen LogP contribution in [0.15, 0.2) is 42.5 Å². The highest BCUT2D eigenvalue weighted by molar-refractivity contribution is 6.00. The molecule has 1 unspecified atom stereocenters. The van der Waals surface area contributed by atoms with E-state index in [1.807, 2.05) is 6.92 Å². The summed E-state index contributed by atoms with van der Waals surface area (Å²) in [6, 6.07) is 11.2. The molecule has 4 nitrogen and oxygen atoms in total. The highest BCUT2D eigenvalue weighted by atomic mass is 16.3. The second-order valence-electron chi connectivity index (χ2n) is 4.88. The molecule has 0 aliphatic carbocycles. The van der Waals surface area contributed by atoms with E-state index in [4.69, 9.17) is 0 Å².